The van der Waals surface area contributed by atoms with Crippen molar-refractivity contribution in [2.75, 3.05) is 7.05 Å². The molecule has 3 nitrogen and oxygen atoms in total. The van der Waals surface area contributed by atoms with Gasteiger partial charge in [-0.3, -0.25) is 9.59 Å². The van der Waals surface area contributed by atoms with E-state index >= 15 is 0 Å². The summed E-state index contributed by atoms with van der Waals surface area (Å²) in [6.07, 6.45) is 1.76. The van der Waals surface area contributed by atoms with Crippen molar-refractivity contribution in [2.45, 2.75) is 19.3 Å². The molecular weight excluding hydrogens is 130 g/mol. The van der Waals surface area contributed by atoms with Gasteiger partial charge in [-0.1, -0.05) is 0 Å². The molecule has 1 N–H and O–H groups in total. The number of Topliss-reactive ketones (excluding diaryl/α,β-unsaturated/α-hetero) is 1. The molecule has 0 aromatic carbocycles. The van der Waals surface area contributed by atoms with Crippen LogP contribution in [0.4, 0.5) is 0 Å². The van der Waals surface area contributed by atoms with Crippen molar-refractivity contribution in [3.05, 3.63) is 0 Å². The van der Waals surface area contributed by atoms with Crippen molar-refractivity contribution in [1.29, 1.82) is 0 Å². The van der Waals surface area contributed by atoms with E-state index in [1.54, 1.807) is 7.05 Å². The van der Waals surface area contributed by atoms with Gasteiger partial charge in [-0.2, -0.15) is 0 Å². The molecule has 1 atom stereocenters. The lowest BCUT2D eigenvalue weighted by atomic mass is 10.1. The Hall–Kier alpha value is -0.860. The molecule has 1 amide bonds. The Morgan fingerprint density at radius 3 is 2.90 bits per heavy atom. The quantitative estimate of drug-likeness (QED) is 0.575. The first kappa shape index (κ1) is 7.25. The van der Waals surface area contributed by atoms with E-state index in [1.807, 2.05) is 0 Å². The number of amides is 1. The van der Waals surface area contributed by atoms with Gasteiger partial charge in [0.15, 0.2) is 0 Å². The van der Waals surface area contributed by atoms with Gasteiger partial charge in [-0.05, 0) is 6.42 Å². The summed E-state index contributed by atoms with van der Waals surface area (Å²) in [6.45, 7) is 0. The van der Waals surface area contributed by atoms with Crippen molar-refractivity contribution < 1.29 is 11.0 Å². The topological polar surface area (TPSA) is 46.2 Å². The van der Waals surface area contributed by atoms with Crippen LogP contribution in [0.25, 0.3) is 0 Å². The second kappa shape index (κ2) is 2.82. The van der Waals surface area contributed by atoms with Crippen molar-refractivity contribution in [3.8, 4) is 0 Å². The van der Waals surface area contributed by atoms with E-state index in [9.17, 15) is 9.59 Å². The van der Waals surface area contributed by atoms with Gasteiger partial charge < -0.3 is 5.32 Å². The average molecular weight is 143 g/mol. The van der Waals surface area contributed by atoms with Crippen LogP contribution in [-0.2, 0) is 9.59 Å². The number of carbonyl (C=O) groups excluding carboxylic acids is 2. The summed E-state index contributed by atoms with van der Waals surface area (Å²) < 4.78 is 0. The Morgan fingerprint density at radius 2 is 2.50 bits per heavy atom. The van der Waals surface area contributed by atoms with Crippen LogP contribution in [-0.4, -0.2) is 18.7 Å². The maximum Gasteiger partial charge on any atom is 0.223 e. The van der Waals surface area contributed by atoms with Crippen molar-refractivity contribution >= 4 is 11.7 Å². The van der Waals surface area contributed by atoms with E-state index in [1.165, 1.54) is 0 Å². The fourth-order valence-corrected chi connectivity index (χ4v) is 1.24. The molecule has 58 valence electrons. The maximum absolute atomic E-state index is 10.9. The normalized spacial score (nSPS) is 24.9. The first-order valence-electron chi connectivity index (χ1n) is 3.47. The fourth-order valence-electron chi connectivity index (χ4n) is 1.24. The number of ketones is 1. The lowest BCUT2D eigenvalue weighted by Crippen LogP contribution is -2.25. The van der Waals surface area contributed by atoms with Gasteiger partial charge in [-0.15, -0.1) is 0 Å². The monoisotopic (exact) mass is 143 g/mol. The van der Waals surface area contributed by atoms with Crippen LogP contribution < -0.4 is 5.32 Å². The van der Waals surface area contributed by atoms with Gasteiger partial charge in [0, 0.05) is 27.2 Å². The van der Waals surface area contributed by atoms with Crippen LogP contribution in [0.5, 0.6) is 0 Å². The fraction of sp³-hybridized carbons (Fsp3) is 0.714. The Balaban J connectivity index is 0.000001000. The van der Waals surface area contributed by atoms with Crippen LogP contribution in [0, 0.1) is 5.92 Å². The Labute approximate surface area is 61.3 Å². The van der Waals surface area contributed by atoms with Crippen LogP contribution in [0.3, 0.4) is 0 Å². The third kappa shape index (κ3) is 1.35. The Bertz CT molecular complexity index is 170. The van der Waals surface area contributed by atoms with Gasteiger partial charge in [0.2, 0.25) is 5.91 Å². The minimum absolute atomic E-state index is 0. The van der Waals surface area contributed by atoms with Crippen molar-refractivity contribution in [1.82, 2.24) is 5.32 Å². The molecule has 1 aliphatic carbocycles. The van der Waals surface area contributed by atoms with E-state index in [2.05, 4.69) is 5.32 Å². The zero-order chi connectivity index (χ0) is 7.56. The molecule has 0 aromatic heterocycles. The lowest BCUT2D eigenvalue weighted by Gasteiger charge is -2.03. The SMILES string of the molecule is CNC(=O)C1CCC(=O)C1.[HH]. The van der Waals surface area contributed by atoms with Crippen LogP contribution in [0.1, 0.15) is 20.7 Å². The van der Waals surface area contributed by atoms with E-state index < -0.39 is 0 Å². The third-order valence-electron chi connectivity index (χ3n) is 1.86. The molecule has 0 heterocycles. The van der Waals surface area contributed by atoms with E-state index in [-0.39, 0.29) is 19.0 Å². The third-order valence-corrected chi connectivity index (χ3v) is 1.86. The number of rotatable bonds is 1. The average Bonchev–Trinajstić information content (AvgIpc) is 2.34. The molecule has 0 bridgehead atoms. The number of hydrogen-bond donors (Lipinski definition) is 1. The molecule has 1 rings (SSSR count). The summed E-state index contributed by atoms with van der Waals surface area (Å²) in [4.78, 5) is 21.6. The van der Waals surface area contributed by atoms with Gasteiger partial charge in [-0.25, -0.2) is 0 Å². The van der Waals surface area contributed by atoms with Gasteiger partial charge in [0.1, 0.15) is 5.78 Å². The molecule has 0 aliphatic heterocycles. The van der Waals surface area contributed by atoms with Gasteiger partial charge in [0.25, 0.3) is 0 Å². The highest BCUT2D eigenvalue weighted by Crippen LogP contribution is 2.21. The van der Waals surface area contributed by atoms with E-state index in [0.717, 1.165) is 6.42 Å². The van der Waals surface area contributed by atoms with Gasteiger partial charge >= 0.3 is 0 Å². The lowest BCUT2D eigenvalue weighted by molar-refractivity contribution is -0.126. The largest absolute Gasteiger partial charge is 0.359 e. The zero-order valence-corrected chi connectivity index (χ0v) is 6.02. The summed E-state index contributed by atoms with van der Waals surface area (Å²) in [5.41, 5.74) is 0. The summed E-state index contributed by atoms with van der Waals surface area (Å²) in [5, 5.41) is 2.54. The second-order valence-electron chi connectivity index (χ2n) is 2.59. The first-order chi connectivity index (χ1) is 4.74. The van der Waals surface area contributed by atoms with E-state index in [0.29, 0.717) is 12.8 Å². The highest BCUT2D eigenvalue weighted by atomic mass is 16.2. The minimum atomic E-state index is -0.0440. The van der Waals surface area contributed by atoms with Crippen molar-refractivity contribution in [3.63, 3.8) is 0 Å². The molecule has 3 heteroatoms. The standard InChI is InChI=1S/C7H11NO2.H2/c1-8-7(10)5-2-3-6(9)4-5;/h5H,2-4H2,1H3,(H,8,10);1H. The Morgan fingerprint density at radius 1 is 1.80 bits per heavy atom. The summed E-state index contributed by atoms with van der Waals surface area (Å²) >= 11 is 0. The maximum atomic E-state index is 10.9. The highest BCUT2D eigenvalue weighted by Gasteiger charge is 2.26. The number of carbonyl (C=O) groups is 2. The predicted molar refractivity (Wildman–Crippen MR) is 38.5 cm³/mol. The smallest absolute Gasteiger partial charge is 0.223 e. The highest BCUT2D eigenvalue weighted by molar-refractivity contribution is 5.89. The summed E-state index contributed by atoms with van der Waals surface area (Å²) in [6, 6.07) is 0. The van der Waals surface area contributed by atoms with Crippen molar-refractivity contribution in [2.24, 2.45) is 5.92 Å². The molecule has 10 heavy (non-hydrogen) atoms. The molecule has 1 saturated carbocycles. The molecule has 0 saturated heterocycles. The van der Waals surface area contributed by atoms with Crippen LogP contribution >= 0.6 is 0 Å². The van der Waals surface area contributed by atoms with Crippen LogP contribution in [0.2, 0.25) is 0 Å². The molecular formula is C7H13NO2. The summed E-state index contributed by atoms with van der Waals surface area (Å²) in [7, 11) is 1.60. The Kier molecular flexibility index (Phi) is 2.04. The van der Waals surface area contributed by atoms with Gasteiger partial charge in [0.05, 0.1) is 0 Å². The second-order valence-corrected chi connectivity index (χ2v) is 2.59. The zero-order valence-electron chi connectivity index (χ0n) is 6.02. The molecule has 0 radical (unpaired) electrons. The first-order valence-corrected chi connectivity index (χ1v) is 3.47. The summed E-state index contributed by atoms with van der Waals surface area (Å²) in [5.74, 6) is 0.178. The van der Waals surface area contributed by atoms with Crippen LogP contribution in [0.15, 0.2) is 0 Å². The number of nitrogens with one attached hydrogen (secondary N) is 1. The predicted octanol–water partition coefficient (Wildman–Crippen LogP) is 0.348. The molecule has 1 fully saturated rings. The molecule has 1 aliphatic rings. The molecule has 0 spiro atoms. The number of hydrogen-bond acceptors (Lipinski definition) is 2. The van der Waals surface area contributed by atoms with E-state index in [4.69, 9.17) is 0 Å². The molecule has 1 unspecified atom stereocenters. The molecule has 0 aromatic rings. The minimum Gasteiger partial charge on any atom is -0.359 e.